The molecule has 0 aromatic heterocycles. The summed E-state index contributed by atoms with van der Waals surface area (Å²) in [5, 5.41) is 3.34. The van der Waals surface area contributed by atoms with Gasteiger partial charge in [0.2, 0.25) is 0 Å². The van der Waals surface area contributed by atoms with E-state index in [1.807, 2.05) is 34.1 Å². The van der Waals surface area contributed by atoms with Crippen molar-refractivity contribution in [3.05, 3.63) is 24.3 Å². The molecule has 0 radical (unpaired) electrons. The lowest BCUT2D eigenvalue weighted by molar-refractivity contribution is 0.185. The van der Waals surface area contributed by atoms with E-state index in [1.165, 1.54) is 0 Å². The van der Waals surface area contributed by atoms with Gasteiger partial charge in [0.05, 0.1) is 7.11 Å². The highest BCUT2D eigenvalue weighted by atomic mass is 16.5. The summed E-state index contributed by atoms with van der Waals surface area (Å²) in [5.74, 6) is 0.815. The quantitative estimate of drug-likeness (QED) is 0.913. The number of piperidine rings is 1. The number of nitrogens with zero attached hydrogens (tertiary/aromatic N) is 2. The molecule has 5 heteroatoms. The first kappa shape index (κ1) is 13.2. The zero-order valence-corrected chi connectivity index (χ0v) is 11.8. The molecule has 2 amide bonds. The molecule has 0 aliphatic carbocycles. The van der Waals surface area contributed by atoms with Gasteiger partial charge in [-0.3, -0.25) is 4.90 Å². The third-order valence-corrected chi connectivity index (χ3v) is 4.17. The first-order valence-electron chi connectivity index (χ1n) is 7.22. The molecular formula is C15H21N3O2. The summed E-state index contributed by atoms with van der Waals surface area (Å²) in [7, 11) is 1.65. The van der Waals surface area contributed by atoms with E-state index in [-0.39, 0.29) is 6.03 Å². The Bertz CT molecular complexity index is 469. The second-order valence-electron chi connectivity index (χ2n) is 5.31. The van der Waals surface area contributed by atoms with Gasteiger partial charge in [0, 0.05) is 24.8 Å². The maximum absolute atomic E-state index is 12.6. The predicted octanol–water partition coefficient (Wildman–Crippen LogP) is 1.69. The van der Waals surface area contributed by atoms with Crippen LogP contribution < -0.4 is 15.0 Å². The van der Waals surface area contributed by atoms with Crippen molar-refractivity contribution in [3.63, 3.8) is 0 Å². The second-order valence-corrected chi connectivity index (χ2v) is 5.31. The number of ether oxygens (including phenoxy) is 1. The number of urea groups is 1. The Labute approximate surface area is 119 Å². The lowest BCUT2D eigenvalue weighted by Crippen LogP contribution is -2.45. The fourth-order valence-electron chi connectivity index (χ4n) is 3.01. The Morgan fingerprint density at radius 3 is 2.50 bits per heavy atom. The van der Waals surface area contributed by atoms with Gasteiger partial charge in [0.15, 0.2) is 0 Å². The summed E-state index contributed by atoms with van der Waals surface area (Å²) in [4.78, 5) is 16.5. The molecular weight excluding hydrogens is 254 g/mol. The van der Waals surface area contributed by atoms with Crippen LogP contribution in [0.1, 0.15) is 12.8 Å². The van der Waals surface area contributed by atoms with Crippen LogP contribution in [0.25, 0.3) is 0 Å². The van der Waals surface area contributed by atoms with E-state index in [1.54, 1.807) is 7.11 Å². The molecule has 5 nitrogen and oxygen atoms in total. The third-order valence-electron chi connectivity index (χ3n) is 4.17. The zero-order chi connectivity index (χ0) is 13.9. The van der Waals surface area contributed by atoms with Crippen molar-refractivity contribution in [2.75, 3.05) is 38.2 Å². The Kier molecular flexibility index (Phi) is 3.78. The molecule has 2 heterocycles. The van der Waals surface area contributed by atoms with Crippen LogP contribution in [0.15, 0.2) is 24.3 Å². The second kappa shape index (κ2) is 5.71. The largest absolute Gasteiger partial charge is 0.497 e. The molecule has 0 bridgehead atoms. The highest BCUT2D eigenvalue weighted by molar-refractivity contribution is 5.94. The molecule has 0 saturated carbocycles. The van der Waals surface area contributed by atoms with Gasteiger partial charge in [0.1, 0.15) is 5.75 Å². The molecule has 1 aromatic carbocycles. The first-order chi connectivity index (χ1) is 9.79. The van der Waals surface area contributed by atoms with Gasteiger partial charge in [-0.15, -0.1) is 0 Å². The fraction of sp³-hybridized carbons (Fsp3) is 0.533. The number of hydrogen-bond donors (Lipinski definition) is 1. The van der Waals surface area contributed by atoms with Crippen LogP contribution in [0.3, 0.4) is 0 Å². The van der Waals surface area contributed by atoms with Crippen LogP contribution in [0.4, 0.5) is 10.5 Å². The molecule has 3 rings (SSSR count). The van der Waals surface area contributed by atoms with Crippen LogP contribution in [-0.2, 0) is 0 Å². The normalized spacial score (nSPS) is 20.6. The Hall–Kier alpha value is -1.75. The summed E-state index contributed by atoms with van der Waals surface area (Å²) < 4.78 is 5.15. The van der Waals surface area contributed by atoms with E-state index in [0.717, 1.165) is 50.5 Å². The predicted molar refractivity (Wildman–Crippen MR) is 78.3 cm³/mol. The van der Waals surface area contributed by atoms with E-state index in [4.69, 9.17) is 4.74 Å². The van der Waals surface area contributed by atoms with E-state index in [2.05, 4.69) is 5.32 Å². The van der Waals surface area contributed by atoms with E-state index >= 15 is 0 Å². The van der Waals surface area contributed by atoms with Gasteiger partial charge in [-0.25, -0.2) is 4.79 Å². The van der Waals surface area contributed by atoms with Gasteiger partial charge in [-0.2, -0.15) is 0 Å². The number of rotatable bonds is 3. The van der Waals surface area contributed by atoms with Gasteiger partial charge < -0.3 is 15.0 Å². The molecule has 0 unspecified atom stereocenters. The van der Waals surface area contributed by atoms with Crippen LogP contribution in [-0.4, -0.2) is 50.3 Å². The molecule has 1 aromatic rings. The Balaban J connectivity index is 1.70. The molecule has 0 spiro atoms. The van der Waals surface area contributed by atoms with E-state index in [9.17, 15) is 4.79 Å². The molecule has 1 N–H and O–H groups in total. The number of carbonyl (C=O) groups excluding carboxylic acids is 1. The molecule has 20 heavy (non-hydrogen) atoms. The average molecular weight is 275 g/mol. The maximum atomic E-state index is 12.6. The van der Waals surface area contributed by atoms with E-state index < -0.39 is 0 Å². The third kappa shape index (κ3) is 2.45. The number of anilines is 1. The summed E-state index contributed by atoms with van der Waals surface area (Å²) in [5.41, 5.74) is 0.951. The molecule has 0 atom stereocenters. The topological polar surface area (TPSA) is 44.8 Å². The van der Waals surface area contributed by atoms with Crippen molar-refractivity contribution in [2.45, 2.75) is 18.9 Å². The molecule has 108 valence electrons. The van der Waals surface area contributed by atoms with Crippen LogP contribution in [0.5, 0.6) is 5.75 Å². The minimum absolute atomic E-state index is 0.141. The summed E-state index contributed by atoms with van der Waals surface area (Å²) in [6.45, 7) is 3.62. The summed E-state index contributed by atoms with van der Waals surface area (Å²) in [6.07, 6.45) is 2.12. The molecule has 2 saturated heterocycles. The maximum Gasteiger partial charge on any atom is 0.324 e. The number of benzene rings is 1. The number of methoxy groups -OCH3 is 1. The smallest absolute Gasteiger partial charge is 0.324 e. The van der Waals surface area contributed by atoms with Crippen LogP contribution >= 0.6 is 0 Å². The minimum atomic E-state index is 0.141. The highest BCUT2D eigenvalue weighted by Gasteiger charge is 2.34. The van der Waals surface area contributed by atoms with Gasteiger partial charge in [-0.05, 0) is 50.2 Å². The van der Waals surface area contributed by atoms with Crippen molar-refractivity contribution in [1.82, 2.24) is 10.2 Å². The summed E-state index contributed by atoms with van der Waals surface area (Å²) in [6, 6.07) is 8.23. The molecule has 2 aliphatic rings. The lowest BCUT2D eigenvalue weighted by Gasteiger charge is -2.31. The summed E-state index contributed by atoms with van der Waals surface area (Å²) >= 11 is 0. The molecule has 2 fully saturated rings. The van der Waals surface area contributed by atoms with Crippen molar-refractivity contribution < 1.29 is 9.53 Å². The minimum Gasteiger partial charge on any atom is -0.497 e. The highest BCUT2D eigenvalue weighted by Crippen LogP contribution is 2.25. The molecule has 2 aliphatic heterocycles. The van der Waals surface area contributed by atoms with Gasteiger partial charge in [0.25, 0.3) is 0 Å². The monoisotopic (exact) mass is 275 g/mol. The van der Waals surface area contributed by atoms with E-state index in [0.29, 0.717) is 6.04 Å². The van der Waals surface area contributed by atoms with Crippen LogP contribution in [0.2, 0.25) is 0 Å². The number of amides is 2. The zero-order valence-electron chi connectivity index (χ0n) is 11.8. The standard InChI is InChI=1S/C15H21N3O2/c1-20-14-4-2-12(3-5-14)17-10-11-18(15(17)19)13-6-8-16-9-7-13/h2-5,13,16H,6-11H2,1H3. The van der Waals surface area contributed by atoms with Gasteiger partial charge >= 0.3 is 6.03 Å². The van der Waals surface area contributed by atoms with Crippen molar-refractivity contribution in [3.8, 4) is 5.75 Å². The number of carbonyl (C=O) groups is 1. The first-order valence-corrected chi connectivity index (χ1v) is 7.22. The van der Waals surface area contributed by atoms with Crippen LogP contribution in [0, 0.1) is 0 Å². The Morgan fingerprint density at radius 1 is 1.15 bits per heavy atom. The van der Waals surface area contributed by atoms with Crippen molar-refractivity contribution >= 4 is 11.7 Å². The number of hydrogen-bond acceptors (Lipinski definition) is 3. The lowest BCUT2D eigenvalue weighted by atomic mass is 10.1. The van der Waals surface area contributed by atoms with Crippen molar-refractivity contribution in [1.29, 1.82) is 0 Å². The van der Waals surface area contributed by atoms with Gasteiger partial charge in [-0.1, -0.05) is 0 Å². The fourth-order valence-corrected chi connectivity index (χ4v) is 3.01. The SMILES string of the molecule is COc1ccc(N2CCN(C3CCNCC3)C2=O)cc1. The Morgan fingerprint density at radius 2 is 1.85 bits per heavy atom. The number of nitrogens with one attached hydrogen (secondary N) is 1. The van der Waals surface area contributed by atoms with Crippen molar-refractivity contribution in [2.24, 2.45) is 0 Å². The average Bonchev–Trinajstić information content (AvgIpc) is 2.90.